The summed E-state index contributed by atoms with van der Waals surface area (Å²) in [5.74, 6) is -0.696. The van der Waals surface area contributed by atoms with Crippen LogP contribution in [0, 0.1) is 0 Å². The van der Waals surface area contributed by atoms with Crippen molar-refractivity contribution in [2.24, 2.45) is 5.73 Å². The van der Waals surface area contributed by atoms with Gasteiger partial charge in [-0.05, 0) is 43.0 Å². The van der Waals surface area contributed by atoms with Crippen LogP contribution in [0.25, 0.3) is 0 Å². The summed E-state index contributed by atoms with van der Waals surface area (Å²) in [4.78, 5) is 40.1. The van der Waals surface area contributed by atoms with Crippen molar-refractivity contribution in [3.63, 3.8) is 0 Å². The topological polar surface area (TPSA) is 92.9 Å². The van der Waals surface area contributed by atoms with E-state index in [2.05, 4.69) is 0 Å². The number of hydrogen-bond donors (Lipinski definition) is 1. The second-order valence-corrected chi connectivity index (χ2v) is 6.69. The summed E-state index contributed by atoms with van der Waals surface area (Å²) in [5, 5.41) is 0. The molecule has 0 aliphatic carbocycles. The Morgan fingerprint density at radius 1 is 1.32 bits per heavy atom. The lowest BCUT2D eigenvalue weighted by Crippen LogP contribution is -2.58. The molecule has 0 aromatic heterocycles. The number of methoxy groups -OCH3 is 1. The van der Waals surface area contributed by atoms with E-state index in [9.17, 15) is 14.4 Å². The van der Waals surface area contributed by atoms with Crippen LogP contribution < -0.4 is 10.6 Å². The van der Waals surface area contributed by atoms with Gasteiger partial charge in [0.25, 0.3) is 5.91 Å². The van der Waals surface area contributed by atoms with Crippen LogP contribution in [-0.4, -0.2) is 55.5 Å². The second kappa shape index (κ2) is 6.48. The van der Waals surface area contributed by atoms with E-state index >= 15 is 0 Å². The van der Waals surface area contributed by atoms with Crippen molar-refractivity contribution < 1.29 is 19.1 Å². The lowest BCUT2D eigenvalue weighted by molar-refractivity contribution is -0.130. The van der Waals surface area contributed by atoms with Gasteiger partial charge in [-0.25, -0.2) is 0 Å². The van der Waals surface area contributed by atoms with Gasteiger partial charge in [0.2, 0.25) is 11.8 Å². The molecule has 2 heterocycles. The van der Waals surface area contributed by atoms with Crippen LogP contribution >= 0.6 is 0 Å². The summed E-state index contributed by atoms with van der Waals surface area (Å²) in [6.45, 7) is 0.566. The normalized spacial score (nSPS) is 22.9. The number of nitrogens with two attached hydrogens (primary N) is 1. The Morgan fingerprint density at radius 3 is 2.76 bits per heavy atom. The van der Waals surface area contributed by atoms with Crippen molar-refractivity contribution in [3.05, 3.63) is 29.3 Å². The largest absolute Gasteiger partial charge is 0.382 e. The van der Waals surface area contributed by atoms with Crippen molar-refractivity contribution in [3.8, 4) is 0 Å². The van der Waals surface area contributed by atoms with Crippen LogP contribution in [0.1, 0.15) is 35.2 Å². The number of aryl methyl sites for hydroxylation is 1. The van der Waals surface area contributed by atoms with E-state index in [1.54, 1.807) is 24.1 Å². The third-order valence-corrected chi connectivity index (χ3v) is 5.25. The van der Waals surface area contributed by atoms with Crippen LogP contribution in [0.15, 0.2) is 18.2 Å². The third-order valence-electron chi connectivity index (χ3n) is 5.25. The fourth-order valence-corrected chi connectivity index (χ4v) is 3.84. The van der Waals surface area contributed by atoms with Crippen molar-refractivity contribution in [2.75, 3.05) is 32.2 Å². The first-order chi connectivity index (χ1) is 11.9. The Balaban J connectivity index is 1.93. The van der Waals surface area contributed by atoms with E-state index in [-0.39, 0.29) is 18.4 Å². The molecule has 0 saturated carbocycles. The van der Waals surface area contributed by atoms with Gasteiger partial charge >= 0.3 is 0 Å². The number of hydrogen-bond acceptors (Lipinski definition) is 4. The monoisotopic (exact) mass is 345 g/mol. The van der Waals surface area contributed by atoms with Gasteiger partial charge in [-0.2, -0.15) is 0 Å². The lowest BCUT2D eigenvalue weighted by Gasteiger charge is -2.35. The van der Waals surface area contributed by atoms with Gasteiger partial charge in [-0.1, -0.05) is 0 Å². The molecule has 2 aliphatic heterocycles. The van der Waals surface area contributed by atoms with Crippen LogP contribution in [0.3, 0.4) is 0 Å². The highest BCUT2D eigenvalue weighted by molar-refractivity contribution is 6.01. The fourth-order valence-electron chi connectivity index (χ4n) is 3.84. The van der Waals surface area contributed by atoms with Gasteiger partial charge in [-0.15, -0.1) is 0 Å². The number of primary amides is 1. The Labute approximate surface area is 146 Å². The number of amides is 3. The minimum Gasteiger partial charge on any atom is -0.382 e. The zero-order chi connectivity index (χ0) is 18.2. The molecule has 7 heteroatoms. The summed E-state index contributed by atoms with van der Waals surface area (Å²) in [6.07, 6.45) is 2.25. The number of carbonyl (C=O) groups excluding carboxylic acids is 3. The molecule has 2 aliphatic rings. The number of rotatable bonds is 4. The molecule has 0 radical (unpaired) electrons. The van der Waals surface area contributed by atoms with Gasteiger partial charge in [0.15, 0.2) is 0 Å². The van der Waals surface area contributed by atoms with Crippen molar-refractivity contribution >= 4 is 23.4 Å². The van der Waals surface area contributed by atoms with E-state index in [1.807, 2.05) is 6.07 Å². The zero-order valence-electron chi connectivity index (χ0n) is 14.6. The van der Waals surface area contributed by atoms with E-state index in [0.29, 0.717) is 37.8 Å². The highest BCUT2D eigenvalue weighted by Crippen LogP contribution is 2.33. The quantitative estimate of drug-likeness (QED) is 0.869. The molecule has 1 fully saturated rings. The molecule has 0 bridgehead atoms. The predicted molar refractivity (Wildman–Crippen MR) is 92.2 cm³/mol. The number of ether oxygens (including phenoxy) is 1. The zero-order valence-corrected chi connectivity index (χ0v) is 14.6. The average Bonchev–Trinajstić information content (AvgIpc) is 3.02. The van der Waals surface area contributed by atoms with E-state index in [0.717, 1.165) is 11.3 Å². The molecule has 134 valence electrons. The molecule has 7 nitrogen and oxygen atoms in total. The van der Waals surface area contributed by atoms with Gasteiger partial charge in [0, 0.05) is 38.4 Å². The molecule has 25 heavy (non-hydrogen) atoms. The first-order valence-corrected chi connectivity index (χ1v) is 8.41. The van der Waals surface area contributed by atoms with E-state index in [4.69, 9.17) is 10.5 Å². The molecule has 1 saturated heterocycles. The summed E-state index contributed by atoms with van der Waals surface area (Å²) in [5.41, 5.74) is 6.82. The maximum Gasteiger partial charge on any atom is 0.254 e. The average molecular weight is 345 g/mol. The fraction of sp³-hybridized carbons (Fsp3) is 0.500. The highest BCUT2D eigenvalue weighted by atomic mass is 16.5. The molecule has 1 aromatic rings. The molecular formula is C18H23N3O4. The van der Waals surface area contributed by atoms with Crippen LogP contribution in [-0.2, 0) is 20.7 Å². The summed E-state index contributed by atoms with van der Waals surface area (Å²) in [6, 6.07) is 5.31. The Bertz CT molecular complexity index is 733. The molecule has 1 unspecified atom stereocenters. The highest BCUT2D eigenvalue weighted by Gasteiger charge is 2.48. The third kappa shape index (κ3) is 2.78. The van der Waals surface area contributed by atoms with Gasteiger partial charge in [-0.3, -0.25) is 14.4 Å². The Hall–Kier alpha value is -2.41. The smallest absolute Gasteiger partial charge is 0.254 e. The van der Waals surface area contributed by atoms with Crippen molar-refractivity contribution in [1.82, 2.24) is 4.90 Å². The van der Waals surface area contributed by atoms with Gasteiger partial charge < -0.3 is 20.3 Å². The van der Waals surface area contributed by atoms with Gasteiger partial charge in [0.1, 0.15) is 5.54 Å². The summed E-state index contributed by atoms with van der Waals surface area (Å²) < 4.78 is 5.18. The van der Waals surface area contributed by atoms with Crippen LogP contribution in [0.2, 0.25) is 0 Å². The molecule has 2 N–H and O–H groups in total. The Kier molecular flexibility index (Phi) is 4.51. The number of anilines is 1. The number of nitrogens with zero attached hydrogens (tertiary/aromatic N) is 2. The van der Waals surface area contributed by atoms with E-state index < -0.39 is 11.4 Å². The molecule has 3 rings (SSSR count). The molecule has 1 aromatic carbocycles. The Morgan fingerprint density at radius 2 is 2.08 bits per heavy atom. The summed E-state index contributed by atoms with van der Waals surface area (Å²) >= 11 is 0. The molecule has 0 spiro atoms. The molecule has 1 atom stereocenters. The molecular weight excluding hydrogens is 322 g/mol. The van der Waals surface area contributed by atoms with Crippen LogP contribution in [0.5, 0.6) is 0 Å². The van der Waals surface area contributed by atoms with Gasteiger partial charge in [0.05, 0.1) is 6.61 Å². The molecule has 3 amide bonds. The van der Waals surface area contributed by atoms with Crippen LogP contribution in [0.4, 0.5) is 5.69 Å². The second-order valence-electron chi connectivity index (χ2n) is 6.69. The maximum atomic E-state index is 13.1. The number of likely N-dealkylation sites (tertiary alicyclic amines) is 1. The van der Waals surface area contributed by atoms with E-state index in [1.165, 1.54) is 12.0 Å². The maximum absolute atomic E-state index is 13.1. The minimum atomic E-state index is -1.09. The SMILES string of the molecule is COCC1(C(N)=O)CCCN1C(=O)c1ccc2c(c1)CCC(=O)N2C. The first-order valence-electron chi connectivity index (χ1n) is 8.41. The number of fused-ring (bicyclic) bond motifs is 1. The van der Waals surface area contributed by atoms with Crippen molar-refractivity contribution in [1.29, 1.82) is 0 Å². The number of carbonyl (C=O) groups is 3. The summed E-state index contributed by atoms with van der Waals surface area (Å²) in [7, 11) is 3.23. The van der Waals surface area contributed by atoms with Crippen molar-refractivity contribution in [2.45, 2.75) is 31.2 Å². The minimum absolute atomic E-state index is 0.0685. The predicted octanol–water partition coefficient (Wildman–Crippen LogP) is 0.702. The standard InChI is InChI=1S/C18H23N3O4/c1-20-14-6-4-13(10-12(14)5-7-15(20)22)16(23)21-9-3-8-18(21,11-25-2)17(19)24/h4,6,10H,3,5,7-9,11H2,1-2H3,(H2,19,24). The lowest BCUT2D eigenvalue weighted by atomic mass is 9.94. The number of benzene rings is 1. The first kappa shape index (κ1) is 17.4.